The van der Waals surface area contributed by atoms with Gasteiger partial charge in [0.2, 0.25) is 0 Å². The van der Waals surface area contributed by atoms with Gasteiger partial charge in [-0.3, -0.25) is 4.68 Å². The molecule has 0 fully saturated rings. The monoisotopic (exact) mass is 306 g/mol. The third-order valence-corrected chi connectivity index (χ3v) is 3.76. The lowest BCUT2D eigenvalue weighted by atomic mass is 10.2. The number of benzene rings is 1. The van der Waals surface area contributed by atoms with E-state index in [9.17, 15) is 4.39 Å². The molecular formula is C15H16ClFN4. The van der Waals surface area contributed by atoms with Crippen LogP contribution < -0.4 is 0 Å². The number of halogens is 2. The van der Waals surface area contributed by atoms with Crippen molar-refractivity contribution in [2.24, 2.45) is 7.05 Å². The number of rotatable bonds is 4. The molecule has 0 aliphatic carbocycles. The Morgan fingerprint density at radius 3 is 2.81 bits per heavy atom. The minimum atomic E-state index is -0.301. The number of hydrogen-bond acceptors (Lipinski definition) is 2. The lowest BCUT2D eigenvalue weighted by molar-refractivity contribution is 0.637. The van der Waals surface area contributed by atoms with Crippen molar-refractivity contribution in [3.05, 3.63) is 47.3 Å². The number of aromatic nitrogens is 4. The summed E-state index contributed by atoms with van der Waals surface area (Å²) in [5.74, 6) is 0.954. The van der Waals surface area contributed by atoms with E-state index in [4.69, 9.17) is 11.6 Å². The van der Waals surface area contributed by atoms with Gasteiger partial charge in [-0.2, -0.15) is 5.10 Å². The number of imidazole rings is 1. The van der Waals surface area contributed by atoms with Gasteiger partial charge in [0.15, 0.2) is 5.82 Å². The largest absolute Gasteiger partial charge is 0.323 e. The number of alkyl halides is 1. The van der Waals surface area contributed by atoms with Gasteiger partial charge in [-0.05, 0) is 19.1 Å². The van der Waals surface area contributed by atoms with Crippen LogP contribution in [0.15, 0.2) is 24.4 Å². The van der Waals surface area contributed by atoms with Crippen LogP contribution in [0, 0.1) is 12.7 Å². The number of fused-ring (bicyclic) bond motifs is 1. The SMILES string of the molecule is Cc1nn(C)cc1Cn1c(CCCl)nc2c(F)cccc21. The van der Waals surface area contributed by atoms with Gasteiger partial charge in [0.1, 0.15) is 11.3 Å². The molecule has 4 nitrogen and oxygen atoms in total. The van der Waals surface area contributed by atoms with E-state index in [-0.39, 0.29) is 5.82 Å². The lowest BCUT2D eigenvalue weighted by Crippen LogP contribution is -2.06. The standard InChI is InChI=1S/C15H16ClFN4/c1-10-11(8-20(2)19-10)9-21-13-5-3-4-12(17)15(13)18-14(21)6-7-16/h3-5,8H,6-7,9H2,1-2H3. The molecule has 0 spiro atoms. The molecule has 6 heteroatoms. The Balaban J connectivity index is 2.13. The summed E-state index contributed by atoms with van der Waals surface area (Å²) in [6.45, 7) is 2.59. The van der Waals surface area contributed by atoms with Crippen molar-refractivity contribution in [1.82, 2.24) is 19.3 Å². The van der Waals surface area contributed by atoms with Gasteiger partial charge < -0.3 is 4.57 Å². The highest BCUT2D eigenvalue weighted by atomic mass is 35.5. The summed E-state index contributed by atoms with van der Waals surface area (Å²) in [4.78, 5) is 4.41. The summed E-state index contributed by atoms with van der Waals surface area (Å²) in [5.41, 5.74) is 3.25. The summed E-state index contributed by atoms with van der Waals surface area (Å²) in [5, 5.41) is 4.35. The fourth-order valence-electron chi connectivity index (χ4n) is 2.59. The second-order valence-electron chi connectivity index (χ2n) is 5.07. The Kier molecular flexibility index (Phi) is 3.68. The summed E-state index contributed by atoms with van der Waals surface area (Å²) >= 11 is 5.85. The molecule has 0 unspecified atom stereocenters. The Bertz CT molecular complexity index is 790. The molecule has 0 amide bonds. The van der Waals surface area contributed by atoms with Gasteiger partial charge in [0.25, 0.3) is 0 Å². The van der Waals surface area contributed by atoms with E-state index in [0.717, 1.165) is 22.6 Å². The van der Waals surface area contributed by atoms with E-state index in [2.05, 4.69) is 10.1 Å². The zero-order chi connectivity index (χ0) is 15.0. The van der Waals surface area contributed by atoms with Gasteiger partial charge >= 0.3 is 0 Å². The van der Waals surface area contributed by atoms with Crippen LogP contribution in [0.1, 0.15) is 17.1 Å². The molecule has 3 aromatic rings. The third kappa shape index (κ3) is 2.53. The first-order valence-corrected chi connectivity index (χ1v) is 7.32. The first-order valence-electron chi connectivity index (χ1n) is 6.79. The Morgan fingerprint density at radius 2 is 2.14 bits per heavy atom. The normalized spacial score (nSPS) is 11.4. The molecule has 0 N–H and O–H groups in total. The van der Waals surface area contributed by atoms with Crippen molar-refractivity contribution in [1.29, 1.82) is 0 Å². The Hall–Kier alpha value is -1.88. The van der Waals surface area contributed by atoms with Crippen LogP contribution in [0.25, 0.3) is 11.0 Å². The molecule has 0 atom stereocenters. The highest BCUT2D eigenvalue weighted by Crippen LogP contribution is 2.22. The number of para-hydroxylation sites is 1. The molecule has 0 bridgehead atoms. The molecule has 0 radical (unpaired) electrons. The average Bonchev–Trinajstić information content (AvgIpc) is 2.94. The van der Waals surface area contributed by atoms with Crippen molar-refractivity contribution in [2.45, 2.75) is 19.9 Å². The minimum Gasteiger partial charge on any atom is -0.323 e. The molecular weight excluding hydrogens is 291 g/mol. The van der Waals surface area contributed by atoms with Gasteiger partial charge in [-0.25, -0.2) is 9.37 Å². The van der Waals surface area contributed by atoms with Crippen LogP contribution >= 0.6 is 11.6 Å². The van der Waals surface area contributed by atoms with Gasteiger partial charge in [-0.1, -0.05) is 6.07 Å². The average molecular weight is 307 g/mol. The van der Waals surface area contributed by atoms with E-state index >= 15 is 0 Å². The van der Waals surface area contributed by atoms with Gasteiger partial charge in [0, 0.05) is 31.1 Å². The molecule has 2 aromatic heterocycles. The van der Waals surface area contributed by atoms with Crippen molar-refractivity contribution in [3.63, 3.8) is 0 Å². The van der Waals surface area contributed by atoms with Crippen LogP contribution in [0.5, 0.6) is 0 Å². The predicted molar refractivity (Wildman–Crippen MR) is 81.2 cm³/mol. The summed E-state index contributed by atoms with van der Waals surface area (Å²) < 4.78 is 17.7. The molecule has 0 saturated carbocycles. The van der Waals surface area contributed by atoms with E-state index in [1.165, 1.54) is 6.07 Å². The maximum absolute atomic E-state index is 13.9. The van der Waals surface area contributed by atoms with E-state index in [1.807, 2.05) is 30.8 Å². The first kappa shape index (κ1) is 14.1. The highest BCUT2D eigenvalue weighted by molar-refractivity contribution is 6.17. The van der Waals surface area contributed by atoms with Crippen LogP contribution in [0.2, 0.25) is 0 Å². The van der Waals surface area contributed by atoms with E-state index < -0.39 is 0 Å². The molecule has 21 heavy (non-hydrogen) atoms. The van der Waals surface area contributed by atoms with Crippen LogP contribution in [0.4, 0.5) is 4.39 Å². The topological polar surface area (TPSA) is 35.6 Å². The van der Waals surface area contributed by atoms with Crippen LogP contribution in [0.3, 0.4) is 0 Å². The number of hydrogen-bond donors (Lipinski definition) is 0. The van der Waals surface area contributed by atoms with Gasteiger partial charge in [-0.15, -0.1) is 11.6 Å². The first-order chi connectivity index (χ1) is 10.1. The molecule has 110 valence electrons. The second-order valence-corrected chi connectivity index (χ2v) is 5.45. The van der Waals surface area contributed by atoms with E-state index in [1.54, 1.807) is 10.7 Å². The minimum absolute atomic E-state index is 0.301. The summed E-state index contributed by atoms with van der Waals surface area (Å²) in [7, 11) is 1.89. The molecule has 2 heterocycles. The molecule has 0 aliphatic rings. The maximum Gasteiger partial charge on any atom is 0.151 e. The molecule has 1 aromatic carbocycles. The van der Waals surface area contributed by atoms with Crippen LogP contribution in [-0.4, -0.2) is 25.2 Å². The summed E-state index contributed by atoms with van der Waals surface area (Å²) in [6, 6.07) is 5.02. The fourth-order valence-corrected chi connectivity index (χ4v) is 2.76. The lowest BCUT2D eigenvalue weighted by Gasteiger charge is -2.07. The quantitative estimate of drug-likeness (QED) is 0.695. The number of aryl methyl sites for hydroxylation is 3. The predicted octanol–water partition coefficient (Wildman–Crippen LogP) is 3.05. The maximum atomic E-state index is 13.9. The number of nitrogens with zero attached hydrogens (tertiary/aromatic N) is 4. The van der Waals surface area contributed by atoms with Crippen molar-refractivity contribution in [2.75, 3.05) is 5.88 Å². The van der Waals surface area contributed by atoms with Crippen molar-refractivity contribution in [3.8, 4) is 0 Å². The Morgan fingerprint density at radius 1 is 1.33 bits per heavy atom. The summed E-state index contributed by atoms with van der Waals surface area (Å²) in [6.07, 6.45) is 2.58. The fraction of sp³-hybridized carbons (Fsp3) is 0.333. The second kappa shape index (κ2) is 5.48. The smallest absolute Gasteiger partial charge is 0.151 e. The zero-order valence-corrected chi connectivity index (χ0v) is 12.7. The molecule has 3 rings (SSSR count). The Labute approximate surface area is 127 Å². The third-order valence-electron chi connectivity index (χ3n) is 3.57. The van der Waals surface area contributed by atoms with Crippen LogP contribution in [-0.2, 0) is 20.0 Å². The van der Waals surface area contributed by atoms with Crippen molar-refractivity contribution >= 4 is 22.6 Å². The van der Waals surface area contributed by atoms with Gasteiger partial charge in [0.05, 0.1) is 17.8 Å². The highest BCUT2D eigenvalue weighted by Gasteiger charge is 2.15. The molecule has 0 aliphatic heterocycles. The van der Waals surface area contributed by atoms with Crippen molar-refractivity contribution < 1.29 is 4.39 Å². The van der Waals surface area contributed by atoms with E-state index in [0.29, 0.717) is 24.4 Å². The zero-order valence-electron chi connectivity index (χ0n) is 12.0. The molecule has 0 saturated heterocycles.